The highest BCUT2D eigenvalue weighted by Gasteiger charge is 1.95. The first-order valence-electron chi connectivity index (χ1n) is 4.27. The quantitative estimate of drug-likeness (QED) is 0.679. The predicted molar refractivity (Wildman–Crippen MR) is 64.7 cm³/mol. The van der Waals surface area contributed by atoms with Crippen LogP contribution in [0.5, 0.6) is 5.75 Å². The van der Waals surface area contributed by atoms with Crippen LogP contribution in [-0.4, -0.2) is 10.7 Å². The highest BCUT2D eigenvalue weighted by molar-refractivity contribution is 14.1. The second-order valence-electron chi connectivity index (χ2n) is 3.08. The van der Waals surface area contributed by atoms with E-state index in [-0.39, 0.29) is 0 Å². The number of ether oxygens (including phenoxy) is 1. The van der Waals surface area contributed by atoms with Crippen molar-refractivity contribution in [3.05, 3.63) is 24.3 Å². The number of halogens is 1. The smallest absolute Gasteiger partial charge is 0.139 e. The van der Waals surface area contributed by atoms with Crippen molar-refractivity contribution < 1.29 is 4.74 Å². The third-order valence-electron chi connectivity index (χ3n) is 1.53. The van der Waals surface area contributed by atoms with Crippen molar-refractivity contribution in [3.63, 3.8) is 0 Å². The summed E-state index contributed by atoms with van der Waals surface area (Å²) >= 11 is 2.18. The van der Waals surface area contributed by atoms with Crippen LogP contribution in [0.2, 0.25) is 0 Å². The van der Waals surface area contributed by atoms with Crippen molar-refractivity contribution in [2.75, 3.05) is 9.93 Å². The number of hydrogen-bond donors (Lipinski definition) is 1. The van der Waals surface area contributed by atoms with Gasteiger partial charge in [-0.15, -0.1) is 0 Å². The molecule has 0 spiro atoms. The molecule has 0 aliphatic heterocycles. The van der Waals surface area contributed by atoms with Crippen molar-refractivity contribution in [3.8, 4) is 5.75 Å². The molecule has 1 N–H and O–H groups in total. The van der Waals surface area contributed by atoms with Crippen LogP contribution in [0.25, 0.3) is 0 Å². The zero-order valence-electron chi connectivity index (χ0n) is 7.88. The van der Waals surface area contributed by atoms with Crippen molar-refractivity contribution in [2.45, 2.75) is 19.9 Å². The predicted octanol–water partition coefficient (Wildman–Crippen LogP) is 3.28. The van der Waals surface area contributed by atoms with Gasteiger partial charge in [0.15, 0.2) is 0 Å². The first-order chi connectivity index (χ1) is 6.22. The Morgan fingerprint density at radius 2 is 1.92 bits per heavy atom. The second-order valence-corrected chi connectivity index (χ2v) is 3.70. The van der Waals surface area contributed by atoms with Crippen LogP contribution in [0, 0.1) is 0 Å². The van der Waals surface area contributed by atoms with Gasteiger partial charge in [-0.05, 0) is 60.7 Å². The molecule has 1 rings (SSSR count). The van der Waals surface area contributed by atoms with Gasteiger partial charge in [-0.1, -0.05) is 0 Å². The van der Waals surface area contributed by atoms with E-state index in [1.165, 1.54) is 0 Å². The molecular weight excluding hydrogens is 277 g/mol. The molecule has 0 bridgehead atoms. The van der Waals surface area contributed by atoms with E-state index >= 15 is 0 Å². The Morgan fingerprint density at radius 1 is 1.31 bits per heavy atom. The summed E-state index contributed by atoms with van der Waals surface area (Å²) in [7, 11) is 0. The van der Waals surface area contributed by atoms with Gasteiger partial charge in [0.2, 0.25) is 0 Å². The number of hydrogen-bond acceptors (Lipinski definition) is 2. The molecule has 2 nitrogen and oxygen atoms in total. The molecule has 0 aliphatic carbocycles. The van der Waals surface area contributed by atoms with Gasteiger partial charge < -0.3 is 10.1 Å². The second kappa shape index (κ2) is 5.32. The van der Waals surface area contributed by atoms with E-state index in [9.17, 15) is 0 Å². The van der Waals surface area contributed by atoms with Crippen LogP contribution in [-0.2, 0) is 0 Å². The third kappa shape index (κ3) is 3.85. The fourth-order valence-electron chi connectivity index (χ4n) is 1.04. The Bertz CT molecular complexity index is 246. The summed E-state index contributed by atoms with van der Waals surface area (Å²) in [5, 5.41) is 3.32. The molecule has 0 radical (unpaired) electrons. The minimum Gasteiger partial charge on any atom is -0.483 e. The Balaban J connectivity index is 2.59. The van der Waals surface area contributed by atoms with E-state index in [0.717, 1.165) is 11.4 Å². The summed E-state index contributed by atoms with van der Waals surface area (Å²) in [4.78, 5) is 0. The van der Waals surface area contributed by atoms with Gasteiger partial charge in [-0.3, -0.25) is 0 Å². The van der Waals surface area contributed by atoms with Crippen LogP contribution < -0.4 is 10.1 Å². The van der Waals surface area contributed by atoms with Crippen molar-refractivity contribution in [1.82, 2.24) is 0 Å². The summed E-state index contributed by atoms with van der Waals surface area (Å²) in [5.74, 6) is 0.920. The van der Waals surface area contributed by atoms with E-state index in [0.29, 0.717) is 10.7 Å². The normalized spacial score (nSPS) is 10.2. The molecule has 0 saturated carbocycles. The van der Waals surface area contributed by atoms with Gasteiger partial charge in [0.1, 0.15) is 10.4 Å². The molecule has 0 heterocycles. The van der Waals surface area contributed by atoms with Crippen LogP contribution in [0.15, 0.2) is 24.3 Å². The Hall–Kier alpha value is -0.450. The van der Waals surface area contributed by atoms with E-state index in [2.05, 4.69) is 41.8 Å². The number of benzene rings is 1. The highest BCUT2D eigenvalue weighted by Crippen LogP contribution is 2.16. The van der Waals surface area contributed by atoms with E-state index in [4.69, 9.17) is 4.74 Å². The molecule has 0 aliphatic rings. The lowest BCUT2D eigenvalue weighted by Crippen LogP contribution is -2.09. The average molecular weight is 291 g/mol. The monoisotopic (exact) mass is 291 g/mol. The molecule has 1 aromatic rings. The molecule has 1 aromatic carbocycles. The lowest BCUT2D eigenvalue weighted by Gasteiger charge is -2.10. The molecule has 0 atom stereocenters. The van der Waals surface area contributed by atoms with Crippen LogP contribution in [0.1, 0.15) is 13.8 Å². The fourth-order valence-corrected chi connectivity index (χ4v) is 1.40. The molecule has 0 saturated heterocycles. The number of nitrogens with one attached hydrogen (secondary N) is 1. The van der Waals surface area contributed by atoms with Gasteiger partial charge in [0.25, 0.3) is 0 Å². The maximum atomic E-state index is 5.32. The maximum absolute atomic E-state index is 5.32. The van der Waals surface area contributed by atoms with Crippen molar-refractivity contribution >= 4 is 28.3 Å². The van der Waals surface area contributed by atoms with Gasteiger partial charge in [-0.2, -0.15) is 0 Å². The summed E-state index contributed by atoms with van der Waals surface area (Å²) in [5.41, 5.74) is 1.14. The molecule has 0 amide bonds. The molecule has 0 fully saturated rings. The Labute approximate surface area is 92.8 Å². The largest absolute Gasteiger partial charge is 0.483 e. The summed E-state index contributed by atoms with van der Waals surface area (Å²) in [6.07, 6.45) is 0. The van der Waals surface area contributed by atoms with Gasteiger partial charge in [0, 0.05) is 11.7 Å². The lowest BCUT2D eigenvalue weighted by molar-refractivity contribution is 0.404. The van der Waals surface area contributed by atoms with Gasteiger partial charge in [0.05, 0.1) is 0 Å². The number of anilines is 1. The topological polar surface area (TPSA) is 21.3 Å². The highest BCUT2D eigenvalue weighted by atomic mass is 127. The molecule has 13 heavy (non-hydrogen) atoms. The molecule has 3 heteroatoms. The standard InChI is InChI=1S/C10H14INO/c1-8(2)12-9-3-5-10(6-4-9)13-7-11/h3-6,8,12H,7H2,1-2H3. The number of rotatable bonds is 4. The van der Waals surface area contributed by atoms with Crippen LogP contribution in [0.3, 0.4) is 0 Å². The lowest BCUT2D eigenvalue weighted by atomic mass is 10.3. The first-order valence-corrected chi connectivity index (χ1v) is 5.80. The number of alkyl halides is 1. The van der Waals surface area contributed by atoms with E-state index < -0.39 is 0 Å². The molecule has 72 valence electrons. The maximum Gasteiger partial charge on any atom is 0.139 e. The summed E-state index contributed by atoms with van der Waals surface area (Å²) in [6.45, 7) is 4.24. The fraction of sp³-hybridized carbons (Fsp3) is 0.400. The SMILES string of the molecule is CC(C)Nc1ccc(OCI)cc1. The van der Waals surface area contributed by atoms with Crippen LogP contribution in [0.4, 0.5) is 5.69 Å². The Kier molecular flexibility index (Phi) is 4.35. The van der Waals surface area contributed by atoms with Crippen LogP contribution >= 0.6 is 22.6 Å². The zero-order valence-corrected chi connectivity index (χ0v) is 10.0. The van der Waals surface area contributed by atoms with Gasteiger partial charge in [-0.25, -0.2) is 0 Å². The minimum atomic E-state index is 0.469. The molecular formula is C10H14INO. The Morgan fingerprint density at radius 3 is 2.38 bits per heavy atom. The van der Waals surface area contributed by atoms with E-state index in [1.807, 2.05) is 24.3 Å². The summed E-state index contributed by atoms with van der Waals surface area (Å²) in [6, 6.07) is 8.48. The zero-order chi connectivity index (χ0) is 9.68. The van der Waals surface area contributed by atoms with E-state index in [1.54, 1.807) is 0 Å². The van der Waals surface area contributed by atoms with Crippen molar-refractivity contribution in [1.29, 1.82) is 0 Å². The minimum absolute atomic E-state index is 0.469. The van der Waals surface area contributed by atoms with Crippen molar-refractivity contribution in [2.24, 2.45) is 0 Å². The third-order valence-corrected chi connectivity index (χ3v) is 1.84. The average Bonchev–Trinajstić information content (AvgIpc) is 2.08. The first kappa shape index (κ1) is 10.6. The van der Waals surface area contributed by atoms with Gasteiger partial charge >= 0.3 is 0 Å². The molecule has 0 aromatic heterocycles. The molecule has 0 unspecified atom stereocenters. The summed E-state index contributed by atoms with van der Waals surface area (Å²) < 4.78 is 6.01.